The topological polar surface area (TPSA) is 45.2 Å². The molecule has 1 amide bonds. The van der Waals surface area contributed by atoms with E-state index in [1.807, 2.05) is 25.9 Å². The van der Waals surface area contributed by atoms with Gasteiger partial charge in [-0.3, -0.25) is 4.79 Å². The molecule has 2 rings (SSSR count). The van der Waals surface area contributed by atoms with E-state index in [1.54, 1.807) is 5.51 Å². The van der Waals surface area contributed by atoms with Gasteiger partial charge < -0.3 is 10.2 Å². The molecule has 1 saturated carbocycles. The minimum absolute atomic E-state index is 0.128. The van der Waals surface area contributed by atoms with Crippen LogP contribution in [0.15, 0.2) is 5.51 Å². The van der Waals surface area contributed by atoms with Gasteiger partial charge in [-0.2, -0.15) is 0 Å². The molecule has 1 aliphatic rings. The van der Waals surface area contributed by atoms with Crippen molar-refractivity contribution in [3.05, 3.63) is 16.1 Å². The largest absolute Gasteiger partial charge is 0.338 e. The second kappa shape index (κ2) is 5.80. The Kier molecular flexibility index (Phi) is 4.35. The van der Waals surface area contributed by atoms with E-state index in [-0.39, 0.29) is 5.91 Å². The molecule has 0 radical (unpaired) electrons. The van der Waals surface area contributed by atoms with E-state index >= 15 is 0 Å². The van der Waals surface area contributed by atoms with E-state index in [9.17, 15) is 4.79 Å². The van der Waals surface area contributed by atoms with Gasteiger partial charge in [0.15, 0.2) is 0 Å². The third kappa shape index (κ3) is 2.72. The molecule has 1 aliphatic carbocycles. The number of amides is 1. The molecule has 1 aromatic rings. The summed E-state index contributed by atoms with van der Waals surface area (Å²) >= 11 is 1.44. The zero-order valence-electron chi connectivity index (χ0n) is 11.3. The summed E-state index contributed by atoms with van der Waals surface area (Å²) in [4.78, 5) is 19.2. The van der Waals surface area contributed by atoms with Crippen LogP contribution in [0.3, 0.4) is 0 Å². The van der Waals surface area contributed by atoms with Gasteiger partial charge in [-0.25, -0.2) is 4.98 Å². The molecule has 0 bridgehead atoms. The van der Waals surface area contributed by atoms with Crippen molar-refractivity contribution in [3.63, 3.8) is 0 Å². The van der Waals surface area contributed by atoms with Crippen LogP contribution in [0.1, 0.15) is 41.0 Å². The Hall–Kier alpha value is -0.940. The van der Waals surface area contributed by atoms with Crippen LogP contribution in [0.25, 0.3) is 0 Å². The smallest absolute Gasteiger partial charge is 0.265 e. The van der Waals surface area contributed by atoms with Crippen molar-refractivity contribution in [3.8, 4) is 0 Å². The van der Waals surface area contributed by atoms with Gasteiger partial charge in [0.25, 0.3) is 5.91 Å². The first kappa shape index (κ1) is 13.5. The van der Waals surface area contributed by atoms with Crippen molar-refractivity contribution in [1.29, 1.82) is 0 Å². The summed E-state index contributed by atoms with van der Waals surface area (Å²) in [5.41, 5.74) is 2.59. The Morgan fingerprint density at radius 1 is 1.44 bits per heavy atom. The second-order valence-corrected chi connectivity index (χ2v) is 5.83. The first-order valence-corrected chi connectivity index (χ1v) is 7.36. The highest BCUT2D eigenvalue weighted by Gasteiger charge is 2.27. The van der Waals surface area contributed by atoms with Crippen molar-refractivity contribution in [1.82, 2.24) is 15.2 Å². The summed E-state index contributed by atoms with van der Waals surface area (Å²) in [7, 11) is 3.94. The Labute approximate surface area is 112 Å². The normalized spacial score (nSPS) is 23.9. The number of thiazole rings is 1. The number of carbonyl (C=O) groups is 1. The van der Waals surface area contributed by atoms with E-state index in [2.05, 4.69) is 10.3 Å². The van der Waals surface area contributed by atoms with Crippen LogP contribution >= 0.6 is 11.3 Å². The van der Waals surface area contributed by atoms with Gasteiger partial charge in [-0.05, 0) is 39.7 Å². The molecule has 18 heavy (non-hydrogen) atoms. The summed E-state index contributed by atoms with van der Waals surface area (Å²) < 4.78 is 0. The van der Waals surface area contributed by atoms with E-state index in [0.717, 1.165) is 36.3 Å². The number of nitrogens with zero attached hydrogens (tertiary/aromatic N) is 2. The molecule has 1 heterocycles. The van der Waals surface area contributed by atoms with Crippen molar-refractivity contribution in [2.75, 3.05) is 14.1 Å². The van der Waals surface area contributed by atoms with Crippen LogP contribution in [-0.2, 0) is 0 Å². The van der Waals surface area contributed by atoms with E-state index < -0.39 is 0 Å². The summed E-state index contributed by atoms with van der Waals surface area (Å²) in [5.74, 6) is 0.128. The van der Waals surface area contributed by atoms with Crippen LogP contribution < -0.4 is 5.32 Å². The minimum atomic E-state index is 0.128. The molecule has 0 saturated heterocycles. The first-order chi connectivity index (χ1) is 8.63. The molecule has 1 aromatic heterocycles. The number of aryl methyl sites for hydroxylation is 1. The molecular formula is C13H21N3OS. The maximum atomic E-state index is 12.4. The predicted octanol–water partition coefficient (Wildman–Crippen LogP) is 2.05. The van der Waals surface area contributed by atoms with Crippen LogP contribution in [0.5, 0.6) is 0 Å². The summed E-state index contributed by atoms with van der Waals surface area (Å²) in [6.07, 6.45) is 4.48. The van der Waals surface area contributed by atoms with Crippen LogP contribution in [0, 0.1) is 6.92 Å². The molecular weight excluding hydrogens is 246 g/mol. The lowest BCUT2D eigenvalue weighted by Crippen LogP contribution is -2.42. The SMILES string of the molecule is CNC1CCC(N(C)C(=O)c2scnc2C)CC1. The van der Waals surface area contributed by atoms with Crippen LogP contribution in [0.4, 0.5) is 0 Å². The number of aromatic nitrogens is 1. The number of nitrogens with one attached hydrogen (secondary N) is 1. The number of rotatable bonds is 3. The van der Waals surface area contributed by atoms with Gasteiger partial charge in [0, 0.05) is 19.1 Å². The molecule has 5 heteroatoms. The van der Waals surface area contributed by atoms with Gasteiger partial charge in [0.2, 0.25) is 0 Å². The molecule has 100 valence electrons. The maximum absolute atomic E-state index is 12.4. The van der Waals surface area contributed by atoms with Gasteiger partial charge in [0.1, 0.15) is 4.88 Å². The van der Waals surface area contributed by atoms with Gasteiger partial charge in [-0.15, -0.1) is 11.3 Å². The second-order valence-electron chi connectivity index (χ2n) is 4.98. The third-order valence-corrected chi connectivity index (χ3v) is 4.83. The minimum Gasteiger partial charge on any atom is -0.338 e. The average molecular weight is 267 g/mol. The fourth-order valence-corrected chi connectivity index (χ4v) is 3.37. The molecule has 0 aliphatic heterocycles. The Morgan fingerprint density at radius 2 is 2.11 bits per heavy atom. The highest BCUT2D eigenvalue weighted by Crippen LogP contribution is 2.24. The van der Waals surface area contributed by atoms with Crippen molar-refractivity contribution < 1.29 is 4.79 Å². The van der Waals surface area contributed by atoms with Crippen LogP contribution in [0.2, 0.25) is 0 Å². The van der Waals surface area contributed by atoms with Crippen molar-refractivity contribution in [2.45, 2.75) is 44.7 Å². The molecule has 0 aromatic carbocycles. The van der Waals surface area contributed by atoms with E-state index in [0.29, 0.717) is 12.1 Å². The number of hydrogen-bond acceptors (Lipinski definition) is 4. The standard InChI is InChI=1S/C13H21N3OS/c1-9-12(18-8-15-9)13(17)16(3)11-6-4-10(14-2)5-7-11/h8,10-11,14H,4-7H2,1-3H3. The predicted molar refractivity (Wildman–Crippen MR) is 74.0 cm³/mol. The monoisotopic (exact) mass is 267 g/mol. The lowest BCUT2D eigenvalue weighted by molar-refractivity contribution is 0.0689. The molecule has 0 spiro atoms. The van der Waals surface area contributed by atoms with Gasteiger partial charge >= 0.3 is 0 Å². The lowest BCUT2D eigenvalue weighted by Gasteiger charge is -2.34. The van der Waals surface area contributed by atoms with Crippen molar-refractivity contribution >= 4 is 17.2 Å². The molecule has 4 nitrogen and oxygen atoms in total. The third-order valence-electron chi connectivity index (χ3n) is 3.91. The molecule has 1 N–H and O–H groups in total. The van der Waals surface area contributed by atoms with Crippen LogP contribution in [-0.4, -0.2) is 42.0 Å². The number of carbonyl (C=O) groups excluding carboxylic acids is 1. The summed E-state index contributed by atoms with van der Waals surface area (Å²) in [6.45, 7) is 1.90. The zero-order valence-corrected chi connectivity index (χ0v) is 12.1. The highest BCUT2D eigenvalue weighted by atomic mass is 32.1. The summed E-state index contributed by atoms with van der Waals surface area (Å²) in [6, 6.07) is 0.999. The Balaban J connectivity index is 1.98. The zero-order chi connectivity index (χ0) is 13.1. The van der Waals surface area contributed by atoms with E-state index in [1.165, 1.54) is 11.3 Å². The summed E-state index contributed by atoms with van der Waals surface area (Å²) in [5, 5.41) is 3.32. The lowest BCUT2D eigenvalue weighted by atomic mass is 9.90. The quantitative estimate of drug-likeness (QED) is 0.911. The fraction of sp³-hybridized carbons (Fsp3) is 0.692. The maximum Gasteiger partial charge on any atom is 0.265 e. The Bertz CT molecular complexity index is 410. The molecule has 0 unspecified atom stereocenters. The van der Waals surface area contributed by atoms with E-state index in [4.69, 9.17) is 0 Å². The van der Waals surface area contributed by atoms with Gasteiger partial charge in [-0.1, -0.05) is 0 Å². The van der Waals surface area contributed by atoms with Gasteiger partial charge in [0.05, 0.1) is 11.2 Å². The fourth-order valence-electron chi connectivity index (χ4n) is 2.58. The average Bonchev–Trinajstić information content (AvgIpc) is 2.83. The first-order valence-electron chi connectivity index (χ1n) is 6.48. The molecule has 1 fully saturated rings. The van der Waals surface area contributed by atoms with Crippen molar-refractivity contribution in [2.24, 2.45) is 0 Å². The highest BCUT2D eigenvalue weighted by molar-refractivity contribution is 7.11. The molecule has 0 atom stereocenters. The number of hydrogen-bond donors (Lipinski definition) is 1. The Morgan fingerprint density at radius 3 is 2.61 bits per heavy atom.